The lowest BCUT2D eigenvalue weighted by Gasteiger charge is -2.36. The molecule has 2 unspecified atom stereocenters. The summed E-state index contributed by atoms with van der Waals surface area (Å²) in [6.07, 6.45) is 2.21. The van der Waals surface area contributed by atoms with Gasteiger partial charge in [-0.1, -0.05) is 6.92 Å². The summed E-state index contributed by atoms with van der Waals surface area (Å²) in [5.74, 6) is 0.774. The second-order valence-corrected chi connectivity index (χ2v) is 4.68. The number of nitrogens with two attached hydrogens (primary N) is 1. The fourth-order valence-corrected chi connectivity index (χ4v) is 2.19. The molecule has 1 fully saturated rings. The van der Waals surface area contributed by atoms with Crippen molar-refractivity contribution in [2.75, 3.05) is 30.8 Å². The van der Waals surface area contributed by atoms with Gasteiger partial charge >= 0.3 is 5.69 Å². The van der Waals surface area contributed by atoms with Crippen molar-refractivity contribution >= 4 is 17.5 Å². The summed E-state index contributed by atoms with van der Waals surface area (Å²) in [7, 11) is 1.68. The molecule has 2 heterocycles. The number of hydrogen-bond donors (Lipinski definition) is 1. The Bertz CT molecular complexity index is 481. The van der Waals surface area contributed by atoms with E-state index in [0.29, 0.717) is 18.4 Å². The first-order valence-electron chi connectivity index (χ1n) is 6.07. The van der Waals surface area contributed by atoms with Gasteiger partial charge in [0, 0.05) is 20.2 Å². The Labute approximate surface area is 110 Å². The third-order valence-electron chi connectivity index (χ3n) is 3.46. The molecule has 0 aliphatic carbocycles. The maximum absolute atomic E-state index is 10.7. The summed E-state index contributed by atoms with van der Waals surface area (Å²) in [5.41, 5.74) is 5.31. The highest BCUT2D eigenvalue weighted by Gasteiger charge is 2.28. The number of nitrogens with zero attached hydrogens (tertiary/aromatic N) is 4. The number of piperidine rings is 1. The standard InChI is InChI=1S/C11H17N5O3/c1-7-3-4-15(6-9(7)19-2)11-13-5-8(16(17)18)10(12)14-11/h5,7,9H,3-4,6H2,1-2H3,(H2,12,13,14). The number of ether oxygens (including phenoxy) is 1. The first kappa shape index (κ1) is 13.5. The van der Waals surface area contributed by atoms with E-state index >= 15 is 0 Å². The van der Waals surface area contributed by atoms with Gasteiger partial charge in [-0.05, 0) is 12.3 Å². The highest BCUT2D eigenvalue weighted by molar-refractivity contribution is 5.53. The van der Waals surface area contributed by atoms with Crippen LogP contribution in [0.4, 0.5) is 17.5 Å². The molecule has 1 aliphatic rings. The Morgan fingerprint density at radius 3 is 2.95 bits per heavy atom. The van der Waals surface area contributed by atoms with Gasteiger partial charge in [-0.25, -0.2) is 4.98 Å². The van der Waals surface area contributed by atoms with Gasteiger partial charge in [0.25, 0.3) is 0 Å². The lowest BCUT2D eigenvalue weighted by molar-refractivity contribution is -0.384. The van der Waals surface area contributed by atoms with Crippen LogP contribution in [0.25, 0.3) is 0 Å². The summed E-state index contributed by atoms with van der Waals surface area (Å²) in [6.45, 7) is 3.59. The average Bonchev–Trinajstić information content (AvgIpc) is 2.38. The largest absolute Gasteiger partial charge is 0.379 e. The van der Waals surface area contributed by atoms with Gasteiger partial charge in [-0.15, -0.1) is 0 Å². The number of rotatable bonds is 3. The van der Waals surface area contributed by atoms with Crippen molar-refractivity contribution in [2.24, 2.45) is 5.92 Å². The average molecular weight is 267 g/mol. The summed E-state index contributed by atoms with van der Waals surface area (Å²) in [5, 5.41) is 10.7. The monoisotopic (exact) mass is 267 g/mol. The maximum atomic E-state index is 10.7. The van der Waals surface area contributed by atoms with E-state index in [-0.39, 0.29) is 17.6 Å². The van der Waals surface area contributed by atoms with Crippen molar-refractivity contribution in [1.29, 1.82) is 0 Å². The summed E-state index contributed by atoms with van der Waals surface area (Å²) in [6, 6.07) is 0. The van der Waals surface area contributed by atoms with E-state index < -0.39 is 4.92 Å². The Morgan fingerprint density at radius 1 is 1.63 bits per heavy atom. The molecule has 0 radical (unpaired) electrons. The van der Waals surface area contributed by atoms with Gasteiger partial charge in [-0.3, -0.25) is 10.1 Å². The second-order valence-electron chi connectivity index (χ2n) is 4.68. The smallest absolute Gasteiger partial charge is 0.329 e. The van der Waals surface area contributed by atoms with E-state index in [0.717, 1.165) is 19.2 Å². The minimum absolute atomic E-state index is 0.105. The maximum Gasteiger partial charge on any atom is 0.329 e. The van der Waals surface area contributed by atoms with Crippen LogP contribution in [-0.2, 0) is 4.74 Å². The molecule has 0 spiro atoms. The minimum atomic E-state index is -0.588. The number of nitro groups is 1. The van der Waals surface area contributed by atoms with Crippen LogP contribution in [0.5, 0.6) is 0 Å². The molecule has 8 nitrogen and oxygen atoms in total. The minimum Gasteiger partial charge on any atom is -0.379 e. The van der Waals surface area contributed by atoms with E-state index in [2.05, 4.69) is 16.9 Å². The van der Waals surface area contributed by atoms with Crippen molar-refractivity contribution in [3.8, 4) is 0 Å². The van der Waals surface area contributed by atoms with Crippen molar-refractivity contribution in [1.82, 2.24) is 9.97 Å². The summed E-state index contributed by atoms with van der Waals surface area (Å²) in [4.78, 5) is 20.0. The first-order chi connectivity index (χ1) is 9.02. The SMILES string of the molecule is COC1CN(c2ncc([N+](=O)[O-])c(N)n2)CCC1C. The second kappa shape index (κ2) is 5.35. The molecule has 1 aromatic rings. The molecule has 2 N–H and O–H groups in total. The molecule has 0 aromatic carbocycles. The van der Waals surface area contributed by atoms with Crippen LogP contribution in [0.3, 0.4) is 0 Å². The molecular weight excluding hydrogens is 250 g/mol. The normalized spacial score (nSPS) is 23.4. The fourth-order valence-electron chi connectivity index (χ4n) is 2.19. The zero-order valence-corrected chi connectivity index (χ0v) is 10.9. The van der Waals surface area contributed by atoms with Gasteiger partial charge in [0.05, 0.1) is 11.0 Å². The van der Waals surface area contributed by atoms with E-state index in [9.17, 15) is 10.1 Å². The third-order valence-corrected chi connectivity index (χ3v) is 3.46. The van der Waals surface area contributed by atoms with Crippen molar-refractivity contribution in [3.63, 3.8) is 0 Å². The molecule has 19 heavy (non-hydrogen) atoms. The van der Waals surface area contributed by atoms with Crippen molar-refractivity contribution in [3.05, 3.63) is 16.3 Å². The molecule has 1 aliphatic heterocycles. The lowest BCUT2D eigenvalue weighted by Crippen LogP contribution is -2.44. The molecule has 1 saturated heterocycles. The van der Waals surface area contributed by atoms with E-state index in [1.54, 1.807) is 7.11 Å². The van der Waals surface area contributed by atoms with Crippen LogP contribution < -0.4 is 10.6 Å². The highest BCUT2D eigenvalue weighted by Crippen LogP contribution is 2.25. The number of methoxy groups -OCH3 is 1. The van der Waals surface area contributed by atoms with Crippen LogP contribution in [0.2, 0.25) is 0 Å². The molecule has 2 atom stereocenters. The van der Waals surface area contributed by atoms with E-state index in [1.165, 1.54) is 0 Å². The predicted octanol–water partition coefficient (Wildman–Crippen LogP) is 0.828. The molecule has 8 heteroatoms. The third kappa shape index (κ3) is 2.73. The van der Waals surface area contributed by atoms with Crippen LogP contribution >= 0.6 is 0 Å². The zero-order chi connectivity index (χ0) is 14.0. The van der Waals surface area contributed by atoms with E-state index in [4.69, 9.17) is 10.5 Å². The molecular formula is C11H17N5O3. The number of hydrogen-bond acceptors (Lipinski definition) is 7. The molecule has 104 valence electrons. The van der Waals surface area contributed by atoms with Gasteiger partial charge in [0.1, 0.15) is 6.20 Å². The molecule has 1 aromatic heterocycles. The van der Waals surface area contributed by atoms with Crippen LogP contribution in [0.1, 0.15) is 13.3 Å². The Hall–Kier alpha value is -1.96. The zero-order valence-electron chi connectivity index (χ0n) is 10.9. The number of aromatic nitrogens is 2. The van der Waals surface area contributed by atoms with Crippen LogP contribution in [-0.4, -0.2) is 41.2 Å². The summed E-state index contributed by atoms with van der Waals surface area (Å²) >= 11 is 0. The van der Waals surface area contributed by atoms with Gasteiger partial charge in [0.2, 0.25) is 11.8 Å². The lowest BCUT2D eigenvalue weighted by atomic mass is 9.96. The van der Waals surface area contributed by atoms with Gasteiger partial charge < -0.3 is 15.4 Å². The predicted molar refractivity (Wildman–Crippen MR) is 69.9 cm³/mol. The van der Waals surface area contributed by atoms with Crippen LogP contribution in [0, 0.1) is 16.0 Å². The Morgan fingerprint density at radius 2 is 2.37 bits per heavy atom. The molecule has 0 saturated carbocycles. The summed E-state index contributed by atoms with van der Waals surface area (Å²) < 4.78 is 5.41. The van der Waals surface area contributed by atoms with Gasteiger partial charge in [-0.2, -0.15) is 4.98 Å². The first-order valence-corrected chi connectivity index (χ1v) is 6.07. The fraction of sp³-hybridized carbons (Fsp3) is 0.636. The molecule has 2 rings (SSSR count). The topological polar surface area (TPSA) is 107 Å². The van der Waals surface area contributed by atoms with Crippen LogP contribution in [0.15, 0.2) is 6.20 Å². The van der Waals surface area contributed by atoms with Crippen molar-refractivity contribution in [2.45, 2.75) is 19.4 Å². The van der Waals surface area contributed by atoms with Gasteiger partial charge in [0.15, 0.2) is 0 Å². The number of nitrogen functional groups attached to an aromatic ring is 1. The Balaban J connectivity index is 2.18. The van der Waals surface area contributed by atoms with Crippen molar-refractivity contribution < 1.29 is 9.66 Å². The Kier molecular flexibility index (Phi) is 3.79. The molecule has 0 bridgehead atoms. The molecule has 0 amide bonds. The number of anilines is 2. The van der Waals surface area contributed by atoms with E-state index in [1.807, 2.05) is 4.90 Å². The highest BCUT2D eigenvalue weighted by atomic mass is 16.6. The quantitative estimate of drug-likeness (QED) is 0.638.